The summed E-state index contributed by atoms with van der Waals surface area (Å²) in [5, 5.41) is 36.2. The Morgan fingerprint density at radius 1 is 0.837 bits per heavy atom. The van der Waals surface area contributed by atoms with Crippen LogP contribution in [0.2, 0.25) is 0 Å². The smallest absolute Gasteiger partial charge is 0.187 e. The third kappa shape index (κ3) is 5.68. The molecular formula is C36H60O13. The first-order chi connectivity index (χ1) is 23.1. The standard InChI is InChI=1S/C36H60O13/c1-20-27(43-19-41-8)28-29(49-32(4,5)48-28)30(45-20)46-22-13-25-35(17-44-31(2,3)47-25)26-23(10-11-34(35,38)14-22)36(39)12-9-21(16-37)33(36,6)15-24(26)42-18-40-7/h20-30,37-39H,9-19H2,1-8H3/t20-,21+,22-,23?,24-,25+,26?,27-,28+,29+,30-,33+,34-,35+,36-/m0/s1. The number of methoxy groups -OCH3 is 2. The lowest BCUT2D eigenvalue weighted by Gasteiger charge is -2.71. The summed E-state index contributed by atoms with van der Waals surface area (Å²) in [4.78, 5) is 0. The number of aliphatic hydroxyl groups is 3. The van der Waals surface area contributed by atoms with Crippen molar-refractivity contribution >= 4 is 0 Å². The predicted octanol–water partition coefficient (Wildman–Crippen LogP) is 2.85. The minimum absolute atomic E-state index is 0.0131. The molecule has 4 aliphatic carbocycles. The maximum absolute atomic E-state index is 13.1. The zero-order chi connectivity index (χ0) is 35.2. The van der Waals surface area contributed by atoms with Gasteiger partial charge in [-0.05, 0) is 78.6 Å². The highest BCUT2D eigenvalue weighted by Gasteiger charge is 2.77. The molecule has 4 saturated carbocycles. The second-order valence-electron chi connectivity index (χ2n) is 17.1. The molecule has 0 aromatic rings. The average molecular weight is 701 g/mol. The summed E-state index contributed by atoms with van der Waals surface area (Å²) >= 11 is 0. The molecule has 7 aliphatic rings. The third-order valence-electron chi connectivity index (χ3n) is 13.8. The van der Waals surface area contributed by atoms with Gasteiger partial charge in [-0.25, -0.2) is 0 Å². The summed E-state index contributed by atoms with van der Waals surface area (Å²) in [6.07, 6.45) is -0.136. The summed E-state index contributed by atoms with van der Waals surface area (Å²) in [7, 11) is 3.18. The van der Waals surface area contributed by atoms with Crippen molar-refractivity contribution in [1.82, 2.24) is 0 Å². The lowest BCUT2D eigenvalue weighted by Crippen LogP contribution is -2.78. The Labute approximate surface area is 290 Å². The van der Waals surface area contributed by atoms with E-state index in [2.05, 4.69) is 6.92 Å². The first kappa shape index (κ1) is 36.8. The summed E-state index contributed by atoms with van der Waals surface area (Å²) in [5.74, 6) is -2.30. The highest BCUT2D eigenvalue weighted by atomic mass is 16.8. The van der Waals surface area contributed by atoms with E-state index >= 15 is 0 Å². The van der Waals surface area contributed by atoms with Crippen LogP contribution in [0.3, 0.4) is 0 Å². The number of rotatable bonds is 9. The highest BCUT2D eigenvalue weighted by Crippen LogP contribution is 2.71. The van der Waals surface area contributed by atoms with Crippen molar-refractivity contribution in [2.75, 3.05) is 41.0 Å². The van der Waals surface area contributed by atoms with Crippen LogP contribution in [0.15, 0.2) is 0 Å². The first-order valence-corrected chi connectivity index (χ1v) is 18.3. The number of aliphatic hydroxyl groups excluding tert-OH is 1. The van der Waals surface area contributed by atoms with Crippen LogP contribution in [0.25, 0.3) is 0 Å². The van der Waals surface area contributed by atoms with E-state index in [0.29, 0.717) is 38.5 Å². The van der Waals surface area contributed by atoms with E-state index in [4.69, 9.17) is 47.4 Å². The van der Waals surface area contributed by atoms with Gasteiger partial charge in [0.1, 0.15) is 31.9 Å². The fourth-order valence-corrected chi connectivity index (χ4v) is 11.6. The number of hydrogen-bond acceptors (Lipinski definition) is 13. The molecule has 3 N–H and O–H groups in total. The molecule has 1 spiro atoms. The van der Waals surface area contributed by atoms with Crippen molar-refractivity contribution in [3.8, 4) is 0 Å². The molecule has 0 radical (unpaired) electrons. The Morgan fingerprint density at radius 2 is 1.55 bits per heavy atom. The van der Waals surface area contributed by atoms with Crippen molar-refractivity contribution < 1.29 is 62.7 Å². The van der Waals surface area contributed by atoms with Gasteiger partial charge in [0.05, 0.1) is 47.6 Å². The molecule has 3 saturated heterocycles. The van der Waals surface area contributed by atoms with Crippen LogP contribution >= 0.6 is 0 Å². The van der Waals surface area contributed by atoms with Gasteiger partial charge in [-0.2, -0.15) is 0 Å². The Hall–Kier alpha value is -0.520. The molecule has 0 amide bonds. The Bertz CT molecular complexity index is 1200. The molecule has 0 aromatic carbocycles. The second kappa shape index (κ2) is 12.8. The summed E-state index contributed by atoms with van der Waals surface area (Å²) in [5.41, 5.74) is -3.74. The predicted molar refractivity (Wildman–Crippen MR) is 172 cm³/mol. The van der Waals surface area contributed by atoms with Crippen LogP contribution in [0.1, 0.15) is 86.5 Å². The Morgan fingerprint density at radius 3 is 2.27 bits per heavy atom. The van der Waals surface area contributed by atoms with Crippen LogP contribution in [0.5, 0.6) is 0 Å². The van der Waals surface area contributed by atoms with Crippen LogP contribution < -0.4 is 0 Å². The fourth-order valence-electron chi connectivity index (χ4n) is 11.6. The molecule has 3 heterocycles. The van der Waals surface area contributed by atoms with Crippen molar-refractivity contribution in [3.63, 3.8) is 0 Å². The molecule has 49 heavy (non-hydrogen) atoms. The average Bonchev–Trinajstić information content (AvgIpc) is 3.49. The third-order valence-corrected chi connectivity index (χ3v) is 13.8. The van der Waals surface area contributed by atoms with Gasteiger partial charge in [0.2, 0.25) is 0 Å². The zero-order valence-corrected chi connectivity index (χ0v) is 30.6. The lowest BCUT2D eigenvalue weighted by molar-refractivity contribution is -0.410. The van der Waals surface area contributed by atoms with Gasteiger partial charge >= 0.3 is 0 Å². The molecule has 3 aliphatic heterocycles. The minimum atomic E-state index is -1.26. The van der Waals surface area contributed by atoms with Gasteiger partial charge < -0.3 is 62.7 Å². The maximum Gasteiger partial charge on any atom is 0.187 e. The number of fused-ring (bicyclic) bond motifs is 4. The van der Waals surface area contributed by atoms with Crippen molar-refractivity contribution in [3.05, 3.63) is 0 Å². The topological polar surface area (TPSA) is 153 Å². The molecule has 282 valence electrons. The Kier molecular flexibility index (Phi) is 9.63. The van der Waals surface area contributed by atoms with Crippen molar-refractivity contribution in [2.24, 2.45) is 28.6 Å². The van der Waals surface area contributed by atoms with Gasteiger partial charge in [-0.3, -0.25) is 0 Å². The molecular weight excluding hydrogens is 640 g/mol. The number of hydrogen-bond donors (Lipinski definition) is 3. The summed E-state index contributed by atoms with van der Waals surface area (Å²) < 4.78 is 62.4. The van der Waals surface area contributed by atoms with E-state index in [0.717, 1.165) is 6.42 Å². The van der Waals surface area contributed by atoms with Crippen LogP contribution in [0.4, 0.5) is 0 Å². The van der Waals surface area contributed by atoms with E-state index in [9.17, 15) is 15.3 Å². The monoisotopic (exact) mass is 700 g/mol. The molecule has 0 bridgehead atoms. The normalized spacial score (nSPS) is 52.8. The first-order valence-electron chi connectivity index (χ1n) is 18.3. The summed E-state index contributed by atoms with van der Waals surface area (Å²) in [6, 6.07) is 0. The molecule has 7 rings (SSSR count). The molecule has 15 atom stereocenters. The number of ether oxygens (including phenoxy) is 10. The lowest BCUT2D eigenvalue weighted by atomic mass is 9.40. The summed E-state index contributed by atoms with van der Waals surface area (Å²) in [6.45, 7) is 12.0. The quantitative estimate of drug-likeness (QED) is 0.239. The van der Waals surface area contributed by atoms with E-state index in [1.165, 1.54) is 0 Å². The van der Waals surface area contributed by atoms with Crippen LogP contribution in [0, 0.1) is 28.6 Å². The molecule has 13 heteroatoms. The maximum atomic E-state index is 13.1. The molecule has 7 fully saturated rings. The van der Waals surface area contributed by atoms with E-state index in [1.54, 1.807) is 14.2 Å². The van der Waals surface area contributed by atoms with Gasteiger partial charge in [0.15, 0.2) is 17.9 Å². The van der Waals surface area contributed by atoms with Gasteiger partial charge in [-0.1, -0.05) is 6.92 Å². The minimum Gasteiger partial charge on any atom is -0.396 e. The van der Waals surface area contributed by atoms with E-state index in [1.807, 2.05) is 34.6 Å². The van der Waals surface area contributed by atoms with E-state index in [-0.39, 0.29) is 56.8 Å². The van der Waals surface area contributed by atoms with Gasteiger partial charge in [-0.15, -0.1) is 0 Å². The largest absolute Gasteiger partial charge is 0.396 e. The second-order valence-corrected chi connectivity index (χ2v) is 17.1. The fraction of sp³-hybridized carbons (Fsp3) is 1.00. The Balaban J connectivity index is 1.22. The van der Waals surface area contributed by atoms with Crippen LogP contribution in [-0.2, 0) is 47.4 Å². The molecule has 13 nitrogen and oxygen atoms in total. The SMILES string of the molecule is COCO[C@@H]1[C@H]2OC(C)(C)O[C@H]2[C@H](O[C@H]2C[C@H]3OC(C)(C)OC[C@]34C3C(CC[C@]4(O)C2)[C@@]2(O)CC[C@H](CO)[C@@]2(C)C[C@@H]3OCOC)O[C@H]1C. The highest BCUT2D eigenvalue weighted by molar-refractivity contribution is 5.25. The molecule has 0 aromatic heterocycles. The van der Waals surface area contributed by atoms with Crippen molar-refractivity contribution in [2.45, 2.75) is 158 Å². The molecule has 2 unspecified atom stereocenters. The van der Waals surface area contributed by atoms with Gasteiger partial charge in [0.25, 0.3) is 0 Å². The van der Waals surface area contributed by atoms with E-state index < -0.39 is 70.4 Å². The van der Waals surface area contributed by atoms with Crippen LogP contribution in [-0.4, -0.2) is 128 Å². The zero-order valence-electron chi connectivity index (χ0n) is 30.6. The van der Waals surface area contributed by atoms with Gasteiger partial charge in [0, 0.05) is 45.0 Å². The van der Waals surface area contributed by atoms with Crippen molar-refractivity contribution in [1.29, 1.82) is 0 Å².